The Hall–Kier alpha value is -0.160. The quantitative estimate of drug-likeness (QED) is 0.329. The van der Waals surface area contributed by atoms with Crippen molar-refractivity contribution < 1.29 is 14.9 Å². The van der Waals surface area contributed by atoms with Gasteiger partial charge in [0.05, 0.1) is 0 Å². The minimum Gasteiger partial charge on any atom is -0.381 e. The minimum atomic E-state index is -1.73. The van der Waals surface area contributed by atoms with Crippen LogP contribution in [0.1, 0.15) is 85.0 Å². The van der Waals surface area contributed by atoms with E-state index in [2.05, 4.69) is 13.8 Å². The van der Waals surface area contributed by atoms with Crippen molar-refractivity contribution in [1.29, 1.82) is 0 Å². The summed E-state index contributed by atoms with van der Waals surface area (Å²) < 4.78 is 5.59. The van der Waals surface area contributed by atoms with E-state index in [1.807, 2.05) is 0 Å². The van der Waals surface area contributed by atoms with Crippen molar-refractivity contribution in [2.24, 2.45) is 5.92 Å². The highest BCUT2D eigenvalue weighted by molar-refractivity contribution is 4.57. The number of hydrogen-bond acceptors (Lipinski definition) is 4. The van der Waals surface area contributed by atoms with Crippen molar-refractivity contribution in [1.82, 2.24) is 4.90 Å². The molecular formula is C19H41NO3. The lowest BCUT2D eigenvalue weighted by atomic mass is 10.0. The van der Waals surface area contributed by atoms with Crippen LogP contribution >= 0.6 is 0 Å². The lowest BCUT2D eigenvalue weighted by Crippen LogP contribution is -2.44. The highest BCUT2D eigenvalue weighted by Crippen LogP contribution is 2.12. The second kappa shape index (κ2) is 14.2. The van der Waals surface area contributed by atoms with Gasteiger partial charge in [0, 0.05) is 26.7 Å². The van der Waals surface area contributed by atoms with E-state index in [1.54, 1.807) is 7.05 Å². The average molecular weight is 332 g/mol. The van der Waals surface area contributed by atoms with Gasteiger partial charge in [-0.1, -0.05) is 65.2 Å². The van der Waals surface area contributed by atoms with Crippen LogP contribution in [0.5, 0.6) is 0 Å². The fourth-order valence-electron chi connectivity index (χ4n) is 2.54. The number of aliphatic hydroxyl groups is 2. The van der Waals surface area contributed by atoms with Gasteiger partial charge in [0.15, 0.2) is 0 Å². The molecule has 0 atom stereocenters. The Bertz CT molecular complexity index is 251. The summed E-state index contributed by atoms with van der Waals surface area (Å²) in [7, 11) is 1.70. The first kappa shape index (κ1) is 22.8. The van der Waals surface area contributed by atoms with Crippen molar-refractivity contribution in [3.05, 3.63) is 0 Å². The molecule has 0 aromatic heterocycles. The van der Waals surface area contributed by atoms with E-state index in [-0.39, 0.29) is 0 Å². The standard InChI is InChI=1S/C19H41NO3/c1-18(2)14-11-9-7-5-6-8-10-12-16-23-17-13-15-20(4)19(3,21)22/h18,21-22H,5-17H2,1-4H3. The fraction of sp³-hybridized carbons (Fsp3) is 1.00. The van der Waals surface area contributed by atoms with Crippen LogP contribution in [0, 0.1) is 5.92 Å². The first-order valence-electron chi connectivity index (χ1n) is 9.57. The van der Waals surface area contributed by atoms with Crippen LogP contribution in [0.15, 0.2) is 0 Å². The molecule has 0 rings (SSSR count). The molecule has 140 valence electrons. The van der Waals surface area contributed by atoms with Crippen molar-refractivity contribution in [3.63, 3.8) is 0 Å². The van der Waals surface area contributed by atoms with Crippen molar-refractivity contribution in [3.8, 4) is 0 Å². The van der Waals surface area contributed by atoms with Crippen LogP contribution in [-0.4, -0.2) is 47.8 Å². The van der Waals surface area contributed by atoms with Gasteiger partial charge in [-0.15, -0.1) is 0 Å². The topological polar surface area (TPSA) is 52.9 Å². The van der Waals surface area contributed by atoms with Gasteiger partial charge in [0.2, 0.25) is 5.91 Å². The van der Waals surface area contributed by atoms with Crippen molar-refractivity contribution >= 4 is 0 Å². The summed E-state index contributed by atoms with van der Waals surface area (Å²) >= 11 is 0. The van der Waals surface area contributed by atoms with Gasteiger partial charge in [-0.25, -0.2) is 0 Å². The van der Waals surface area contributed by atoms with Gasteiger partial charge in [-0.05, 0) is 25.8 Å². The van der Waals surface area contributed by atoms with Crippen molar-refractivity contribution in [2.75, 3.05) is 26.8 Å². The molecule has 0 aromatic carbocycles. The van der Waals surface area contributed by atoms with Gasteiger partial charge in [-0.3, -0.25) is 4.90 Å². The summed E-state index contributed by atoms with van der Waals surface area (Å²) in [6.07, 6.45) is 12.9. The Kier molecular flexibility index (Phi) is 14.1. The van der Waals surface area contributed by atoms with E-state index in [4.69, 9.17) is 4.74 Å². The summed E-state index contributed by atoms with van der Waals surface area (Å²) in [4.78, 5) is 1.51. The molecule has 0 unspecified atom stereocenters. The first-order chi connectivity index (χ1) is 10.8. The largest absolute Gasteiger partial charge is 0.381 e. The highest BCUT2D eigenvalue weighted by atomic mass is 16.5. The summed E-state index contributed by atoms with van der Waals surface area (Å²) in [6.45, 7) is 8.12. The van der Waals surface area contributed by atoms with E-state index in [9.17, 15) is 10.2 Å². The third-order valence-electron chi connectivity index (χ3n) is 4.33. The van der Waals surface area contributed by atoms with Gasteiger partial charge in [-0.2, -0.15) is 0 Å². The summed E-state index contributed by atoms with van der Waals surface area (Å²) in [5.41, 5.74) is 0. The van der Waals surface area contributed by atoms with Crippen molar-refractivity contribution in [2.45, 2.75) is 90.9 Å². The zero-order chi connectivity index (χ0) is 17.6. The second-order valence-corrected chi connectivity index (χ2v) is 7.37. The molecule has 0 heterocycles. The number of ether oxygens (including phenoxy) is 1. The van der Waals surface area contributed by atoms with Crippen LogP contribution in [0.3, 0.4) is 0 Å². The second-order valence-electron chi connectivity index (χ2n) is 7.37. The maximum Gasteiger partial charge on any atom is 0.221 e. The van der Waals surface area contributed by atoms with Gasteiger partial charge >= 0.3 is 0 Å². The third kappa shape index (κ3) is 16.5. The third-order valence-corrected chi connectivity index (χ3v) is 4.33. The van der Waals surface area contributed by atoms with Crippen LogP contribution in [0.4, 0.5) is 0 Å². The van der Waals surface area contributed by atoms with E-state index in [0.717, 1.165) is 25.4 Å². The Labute approximate surface area is 144 Å². The fourth-order valence-corrected chi connectivity index (χ4v) is 2.54. The van der Waals surface area contributed by atoms with Crippen LogP contribution in [0.2, 0.25) is 0 Å². The maximum atomic E-state index is 9.34. The lowest BCUT2D eigenvalue weighted by molar-refractivity contribution is -0.242. The Balaban J connectivity index is 3.14. The van der Waals surface area contributed by atoms with E-state index in [0.29, 0.717) is 13.2 Å². The Morgan fingerprint density at radius 2 is 1.30 bits per heavy atom. The Morgan fingerprint density at radius 1 is 0.826 bits per heavy atom. The van der Waals surface area contributed by atoms with Gasteiger partial charge < -0.3 is 14.9 Å². The number of unbranched alkanes of at least 4 members (excludes halogenated alkanes) is 7. The molecule has 0 amide bonds. The first-order valence-corrected chi connectivity index (χ1v) is 9.57. The zero-order valence-corrected chi connectivity index (χ0v) is 16.0. The molecule has 0 radical (unpaired) electrons. The number of rotatable bonds is 16. The molecule has 23 heavy (non-hydrogen) atoms. The van der Waals surface area contributed by atoms with E-state index in [1.165, 1.54) is 63.2 Å². The summed E-state index contributed by atoms with van der Waals surface area (Å²) in [5.74, 6) is -0.874. The summed E-state index contributed by atoms with van der Waals surface area (Å²) in [5, 5.41) is 18.7. The molecule has 0 fully saturated rings. The summed E-state index contributed by atoms with van der Waals surface area (Å²) in [6, 6.07) is 0. The predicted octanol–water partition coefficient (Wildman–Crippen LogP) is 4.15. The van der Waals surface area contributed by atoms with E-state index < -0.39 is 5.91 Å². The van der Waals surface area contributed by atoms with Crippen LogP contribution in [-0.2, 0) is 4.74 Å². The average Bonchev–Trinajstić information content (AvgIpc) is 2.46. The SMILES string of the molecule is CC(C)CCCCCCCCCCOCCCN(C)C(C)(O)O. The predicted molar refractivity (Wildman–Crippen MR) is 97.3 cm³/mol. The molecule has 2 N–H and O–H groups in total. The smallest absolute Gasteiger partial charge is 0.221 e. The Morgan fingerprint density at radius 3 is 1.83 bits per heavy atom. The van der Waals surface area contributed by atoms with Gasteiger partial charge in [0.25, 0.3) is 0 Å². The highest BCUT2D eigenvalue weighted by Gasteiger charge is 2.20. The normalized spacial score (nSPS) is 12.5. The monoisotopic (exact) mass is 331 g/mol. The minimum absolute atomic E-state index is 0.625. The molecule has 4 nitrogen and oxygen atoms in total. The molecule has 0 saturated heterocycles. The molecule has 0 aliphatic rings. The zero-order valence-electron chi connectivity index (χ0n) is 16.0. The van der Waals surface area contributed by atoms with Crippen LogP contribution < -0.4 is 0 Å². The number of nitrogens with zero attached hydrogens (tertiary/aromatic N) is 1. The molecule has 0 saturated carbocycles. The lowest BCUT2D eigenvalue weighted by Gasteiger charge is -2.28. The van der Waals surface area contributed by atoms with Gasteiger partial charge in [0.1, 0.15) is 0 Å². The maximum absolute atomic E-state index is 9.34. The molecule has 0 aromatic rings. The molecular weight excluding hydrogens is 290 g/mol. The molecule has 0 spiro atoms. The number of hydrogen-bond donors (Lipinski definition) is 2. The molecule has 0 bridgehead atoms. The molecule has 0 aliphatic carbocycles. The van der Waals surface area contributed by atoms with Crippen LogP contribution in [0.25, 0.3) is 0 Å². The van der Waals surface area contributed by atoms with E-state index >= 15 is 0 Å². The molecule has 0 aliphatic heterocycles. The molecule has 4 heteroatoms.